The van der Waals surface area contributed by atoms with Crippen LogP contribution in [0.4, 0.5) is 5.82 Å². The van der Waals surface area contributed by atoms with Gasteiger partial charge in [-0.25, -0.2) is 9.97 Å². The highest BCUT2D eigenvalue weighted by molar-refractivity contribution is 5.69. The van der Waals surface area contributed by atoms with Gasteiger partial charge < -0.3 is 14.7 Å². The number of hydrogen-bond acceptors (Lipinski definition) is 6. The summed E-state index contributed by atoms with van der Waals surface area (Å²) in [4.78, 5) is 15.1. The van der Waals surface area contributed by atoms with Crippen molar-refractivity contribution in [1.82, 2.24) is 15.0 Å². The third kappa shape index (κ3) is 3.56. The Bertz CT molecular complexity index is 931. The van der Waals surface area contributed by atoms with Crippen molar-refractivity contribution >= 4 is 5.82 Å². The number of anilines is 1. The monoisotopic (exact) mass is 362 g/mol. The molecule has 0 atom stereocenters. The number of nitrogens with zero attached hydrogens (tertiary/aromatic N) is 4. The Labute approximate surface area is 158 Å². The summed E-state index contributed by atoms with van der Waals surface area (Å²) in [7, 11) is 0. The fraction of sp³-hybridized carbons (Fsp3) is 0.286. The molecule has 0 fully saturated rings. The molecule has 138 valence electrons. The van der Waals surface area contributed by atoms with Crippen LogP contribution in [0.1, 0.15) is 24.5 Å². The van der Waals surface area contributed by atoms with E-state index in [4.69, 9.17) is 4.74 Å². The van der Waals surface area contributed by atoms with Crippen molar-refractivity contribution in [2.45, 2.75) is 26.3 Å². The Morgan fingerprint density at radius 1 is 1.19 bits per heavy atom. The van der Waals surface area contributed by atoms with E-state index in [0.717, 1.165) is 40.9 Å². The predicted octanol–water partition coefficient (Wildman–Crippen LogP) is 3.60. The highest BCUT2D eigenvalue weighted by Gasteiger charge is 2.22. The zero-order chi connectivity index (χ0) is 18.6. The Hall–Kier alpha value is -3.15. The molecule has 0 saturated heterocycles. The average molecular weight is 362 g/mol. The smallest absolute Gasteiger partial charge is 0.166 e. The number of aromatic hydroxyl groups is 1. The lowest BCUT2D eigenvalue weighted by atomic mass is 10.0. The van der Waals surface area contributed by atoms with Crippen molar-refractivity contribution < 1.29 is 9.84 Å². The number of phenolic OH excluding ortho intramolecular Hbond substituents is 1. The number of rotatable bonds is 4. The van der Waals surface area contributed by atoms with Gasteiger partial charge in [0.1, 0.15) is 18.8 Å². The molecule has 1 aliphatic heterocycles. The molecule has 0 saturated carbocycles. The van der Waals surface area contributed by atoms with Gasteiger partial charge in [0, 0.05) is 41.8 Å². The summed E-state index contributed by atoms with van der Waals surface area (Å²) in [6.45, 7) is 3.95. The lowest BCUT2D eigenvalue weighted by Crippen LogP contribution is -2.27. The van der Waals surface area contributed by atoms with Crippen molar-refractivity contribution in [3.8, 4) is 22.6 Å². The van der Waals surface area contributed by atoms with Gasteiger partial charge in [0.15, 0.2) is 11.5 Å². The van der Waals surface area contributed by atoms with E-state index in [1.807, 2.05) is 18.3 Å². The standard InChI is InChI=1S/C21H22N4O2/c1-2-4-16-12-23-14-24-21(16)25-7-8-27-20-18(13-25)9-17(10-19(20)26)15-5-3-6-22-11-15/h3,5-6,9-12,14,26H,2,4,7-8,13H2,1H3. The fourth-order valence-corrected chi connectivity index (χ4v) is 3.46. The first kappa shape index (κ1) is 17.3. The first-order valence-electron chi connectivity index (χ1n) is 9.19. The summed E-state index contributed by atoms with van der Waals surface area (Å²) in [5.41, 5.74) is 3.95. The summed E-state index contributed by atoms with van der Waals surface area (Å²) in [5, 5.41) is 10.5. The molecule has 3 heterocycles. The van der Waals surface area contributed by atoms with Crippen LogP contribution in [0, 0.1) is 0 Å². The molecule has 6 heteroatoms. The molecule has 1 aliphatic rings. The Kier molecular flexibility index (Phi) is 4.87. The van der Waals surface area contributed by atoms with Crippen molar-refractivity contribution in [3.05, 3.63) is 60.3 Å². The Morgan fingerprint density at radius 2 is 2.11 bits per heavy atom. The minimum Gasteiger partial charge on any atom is -0.504 e. The van der Waals surface area contributed by atoms with Gasteiger partial charge in [0.25, 0.3) is 0 Å². The van der Waals surface area contributed by atoms with Crippen molar-refractivity contribution in [3.63, 3.8) is 0 Å². The van der Waals surface area contributed by atoms with E-state index in [-0.39, 0.29) is 5.75 Å². The molecule has 6 nitrogen and oxygen atoms in total. The number of ether oxygens (including phenoxy) is 1. The number of pyridine rings is 1. The number of fused-ring (bicyclic) bond motifs is 1. The van der Waals surface area contributed by atoms with Crippen LogP contribution < -0.4 is 9.64 Å². The lowest BCUT2D eigenvalue weighted by Gasteiger charge is -2.23. The topological polar surface area (TPSA) is 71.4 Å². The van der Waals surface area contributed by atoms with Gasteiger partial charge in [-0.1, -0.05) is 19.4 Å². The van der Waals surface area contributed by atoms with Gasteiger partial charge in [0.2, 0.25) is 0 Å². The van der Waals surface area contributed by atoms with Crippen LogP contribution in [0.5, 0.6) is 11.5 Å². The van der Waals surface area contributed by atoms with Crippen LogP contribution in [-0.2, 0) is 13.0 Å². The summed E-state index contributed by atoms with van der Waals surface area (Å²) in [5.74, 6) is 1.65. The number of hydrogen-bond donors (Lipinski definition) is 1. The molecule has 0 radical (unpaired) electrons. The van der Waals surface area contributed by atoms with Gasteiger partial charge in [-0.2, -0.15) is 0 Å². The van der Waals surface area contributed by atoms with E-state index < -0.39 is 0 Å². The van der Waals surface area contributed by atoms with Gasteiger partial charge in [0.05, 0.1) is 6.54 Å². The predicted molar refractivity (Wildman–Crippen MR) is 104 cm³/mol. The third-order valence-corrected chi connectivity index (χ3v) is 4.69. The minimum atomic E-state index is 0.157. The molecule has 2 aromatic heterocycles. The van der Waals surface area contributed by atoms with Gasteiger partial charge in [-0.05, 0) is 30.2 Å². The first-order chi connectivity index (χ1) is 13.3. The molecule has 0 amide bonds. The first-order valence-corrected chi connectivity index (χ1v) is 9.19. The Morgan fingerprint density at radius 3 is 2.93 bits per heavy atom. The van der Waals surface area contributed by atoms with Crippen LogP contribution in [0.15, 0.2) is 49.2 Å². The quantitative estimate of drug-likeness (QED) is 0.765. The molecule has 1 N–H and O–H groups in total. The van der Waals surface area contributed by atoms with E-state index in [2.05, 4.69) is 32.8 Å². The molecule has 0 spiro atoms. The summed E-state index contributed by atoms with van der Waals surface area (Å²) in [6, 6.07) is 7.66. The van der Waals surface area contributed by atoms with E-state index in [1.165, 1.54) is 0 Å². The minimum absolute atomic E-state index is 0.157. The molecular weight excluding hydrogens is 340 g/mol. The third-order valence-electron chi connectivity index (χ3n) is 4.69. The van der Waals surface area contributed by atoms with Gasteiger partial charge >= 0.3 is 0 Å². The molecule has 0 aliphatic carbocycles. The van der Waals surface area contributed by atoms with Crippen LogP contribution in [-0.4, -0.2) is 33.2 Å². The van der Waals surface area contributed by atoms with Crippen molar-refractivity contribution in [2.24, 2.45) is 0 Å². The second kappa shape index (κ2) is 7.61. The van der Waals surface area contributed by atoms with Gasteiger partial charge in [-0.3, -0.25) is 4.98 Å². The van der Waals surface area contributed by atoms with Crippen LogP contribution >= 0.6 is 0 Å². The Balaban J connectivity index is 1.72. The zero-order valence-corrected chi connectivity index (χ0v) is 15.3. The highest BCUT2D eigenvalue weighted by Crippen LogP contribution is 2.38. The molecule has 1 aromatic carbocycles. The maximum Gasteiger partial charge on any atom is 0.166 e. The summed E-state index contributed by atoms with van der Waals surface area (Å²) >= 11 is 0. The summed E-state index contributed by atoms with van der Waals surface area (Å²) in [6.07, 6.45) is 8.98. The van der Waals surface area contributed by atoms with Crippen molar-refractivity contribution in [2.75, 3.05) is 18.1 Å². The lowest BCUT2D eigenvalue weighted by molar-refractivity contribution is 0.311. The largest absolute Gasteiger partial charge is 0.504 e. The summed E-state index contributed by atoms with van der Waals surface area (Å²) < 4.78 is 5.87. The van der Waals surface area contributed by atoms with Crippen LogP contribution in [0.3, 0.4) is 0 Å². The van der Waals surface area contributed by atoms with Crippen LogP contribution in [0.2, 0.25) is 0 Å². The number of aromatic nitrogens is 3. The number of aryl methyl sites for hydroxylation is 1. The highest BCUT2D eigenvalue weighted by atomic mass is 16.5. The maximum absolute atomic E-state index is 10.5. The normalized spacial score (nSPS) is 13.6. The molecule has 27 heavy (non-hydrogen) atoms. The van der Waals surface area contributed by atoms with Crippen LogP contribution in [0.25, 0.3) is 11.1 Å². The molecule has 0 bridgehead atoms. The maximum atomic E-state index is 10.5. The second-order valence-electron chi connectivity index (χ2n) is 6.62. The van der Waals surface area contributed by atoms with E-state index in [9.17, 15) is 5.11 Å². The molecule has 3 aromatic rings. The van der Waals surface area contributed by atoms with E-state index in [1.54, 1.807) is 24.8 Å². The zero-order valence-electron chi connectivity index (χ0n) is 15.3. The SMILES string of the molecule is CCCc1cncnc1N1CCOc2c(O)cc(-c3cccnc3)cc2C1. The fourth-order valence-electron chi connectivity index (χ4n) is 3.46. The van der Waals surface area contributed by atoms with E-state index in [0.29, 0.717) is 25.4 Å². The van der Waals surface area contributed by atoms with Crippen molar-refractivity contribution in [1.29, 1.82) is 0 Å². The average Bonchev–Trinajstić information content (AvgIpc) is 2.92. The number of phenols is 1. The number of benzene rings is 1. The molecule has 0 unspecified atom stereocenters. The molecular formula is C21H22N4O2. The van der Waals surface area contributed by atoms with Gasteiger partial charge in [-0.15, -0.1) is 0 Å². The second-order valence-corrected chi connectivity index (χ2v) is 6.62. The van der Waals surface area contributed by atoms with E-state index >= 15 is 0 Å². The molecule has 4 rings (SSSR count).